The quantitative estimate of drug-likeness (QED) is 0.941. The number of rotatable bonds is 4. The Morgan fingerprint density at radius 3 is 2.90 bits per heavy atom. The van der Waals surface area contributed by atoms with Crippen LogP contribution in [0.25, 0.3) is 11.1 Å². The number of oxazole rings is 1. The number of halogens is 1. The molecule has 0 spiro atoms. The minimum absolute atomic E-state index is 0.258. The fourth-order valence-corrected chi connectivity index (χ4v) is 2.92. The van der Waals surface area contributed by atoms with E-state index in [0.29, 0.717) is 17.0 Å². The van der Waals surface area contributed by atoms with Crippen molar-refractivity contribution in [1.29, 1.82) is 0 Å². The third kappa shape index (κ3) is 3.24. The third-order valence-corrected chi connectivity index (χ3v) is 4.32. The number of aromatic nitrogens is 1. The monoisotopic (exact) mass is 291 g/mol. The van der Waals surface area contributed by atoms with Crippen LogP contribution in [0, 0.1) is 5.82 Å². The predicted molar refractivity (Wildman–Crippen MR) is 80.6 cm³/mol. The van der Waals surface area contributed by atoms with Crippen molar-refractivity contribution in [2.75, 3.05) is 19.6 Å². The molecule has 1 aromatic carbocycles. The van der Waals surface area contributed by atoms with Crippen LogP contribution < -0.4 is 5.73 Å². The highest BCUT2D eigenvalue weighted by Gasteiger charge is 2.25. The molecule has 0 amide bonds. The van der Waals surface area contributed by atoms with E-state index in [9.17, 15) is 4.39 Å². The molecule has 1 fully saturated rings. The SMILES string of the molecule is CCC(N)CN1CCC(c2nc3cc(F)ccc3o2)CC1. The van der Waals surface area contributed by atoms with E-state index in [1.165, 1.54) is 12.1 Å². The Balaban J connectivity index is 1.65. The van der Waals surface area contributed by atoms with Crippen molar-refractivity contribution in [2.45, 2.75) is 38.1 Å². The lowest BCUT2D eigenvalue weighted by molar-refractivity contribution is 0.190. The fourth-order valence-electron chi connectivity index (χ4n) is 2.92. The molecular weight excluding hydrogens is 269 g/mol. The number of hydrogen-bond donors (Lipinski definition) is 1. The third-order valence-electron chi connectivity index (χ3n) is 4.32. The summed E-state index contributed by atoms with van der Waals surface area (Å²) in [5, 5.41) is 0. The Labute approximate surface area is 124 Å². The largest absolute Gasteiger partial charge is 0.440 e. The number of nitrogens with two attached hydrogens (primary N) is 1. The van der Waals surface area contributed by atoms with Crippen LogP contribution in [0.1, 0.15) is 38.0 Å². The lowest BCUT2D eigenvalue weighted by Crippen LogP contribution is -2.41. The Hall–Kier alpha value is -1.46. The second kappa shape index (κ2) is 6.12. The molecule has 1 aliphatic rings. The van der Waals surface area contributed by atoms with Crippen molar-refractivity contribution >= 4 is 11.1 Å². The van der Waals surface area contributed by atoms with Gasteiger partial charge in [0.2, 0.25) is 0 Å². The summed E-state index contributed by atoms with van der Waals surface area (Å²) in [6.07, 6.45) is 3.05. The van der Waals surface area contributed by atoms with Crippen molar-refractivity contribution in [3.05, 3.63) is 29.9 Å². The van der Waals surface area contributed by atoms with Crippen LogP contribution in [0.2, 0.25) is 0 Å². The lowest BCUT2D eigenvalue weighted by atomic mass is 9.96. The predicted octanol–water partition coefficient (Wildman–Crippen LogP) is 2.88. The van der Waals surface area contributed by atoms with E-state index in [1.54, 1.807) is 6.07 Å². The first-order chi connectivity index (χ1) is 10.2. The molecule has 21 heavy (non-hydrogen) atoms. The van der Waals surface area contributed by atoms with Gasteiger partial charge in [0.05, 0.1) is 0 Å². The number of hydrogen-bond acceptors (Lipinski definition) is 4. The summed E-state index contributed by atoms with van der Waals surface area (Å²) in [6.45, 7) is 5.12. The first kappa shape index (κ1) is 14.5. The van der Waals surface area contributed by atoms with Crippen LogP contribution in [0.3, 0.4) is 0 Å². The van der Waals surface area contributed by atoms with E-state index in [1.807, 2.05) is 0 Å². The molecule has 1 atom stereocenters. The van der Waals surface area contributed by atoms with Gasteiger partial charge < -0.3 is 15.1 Å². The van der Waals surface area contributed by atoms with Gasteiger partial charge in [-0.05, 0) is 44.5 Å². The molecule has 1 aromatic heterocycles. The summed E-state index contributed by atoms with van der Waals surface area (Å²) in [7, 11) is 0. The molecule has 1 aliphatic heterocycles. The zero-order chi connectivity index (χ0) is 14.8. The molecule has 0 bridgehead atoms. The summed E-state index contributed by atoms with van der Waals surface area (Å²) in [4.78, 5) is 6.86. The van der Waals surface area contributed by atoms with Crippen LogP contribution >= 0.6 is 0 Å². The maximum Gasteiger partial charge on any atom is 0.198 e. The highest BCUT2D eigenvalue weighted by molar-refractivity contribution is 5.72. The highest BCUT2D eigenvalue weighted by atomic mass is 19.1. The minimum Gasteiger partial charge on any atom is -0.440 e. The molecule has 1 saturated heterocycles. The molecular formula is C16H22FN3O. The van der Waals surface area contributed by atoms with Crippen molar-refractivity contribution in [2.24, 2.45) is 5.73 Å². The van der Waals surface area contributed by atoms with Crippen molar-refractivity contribution < 1.29 is 8.81 Å². The maximum atomic E-state index is 13.2. The molecule has 2 aromatic rings. The van der Waals surface area contributed by atoms with Gasteiger partial charge in [-0.1, -0.05) is 6.92 Å². The summed E-state index contributed by atoms with van der Waals surface area (Å²) in [5.41, 5.74) is 7.29. The van der Waals surface area contributed by atoms with Crippen molar-refractivity contribution in [3.8, 4) is 0 Å². The van der Waals surface area contributed by atoms with Gasteiger partial charge in [-0.2, -0.15) is 0 Å². The number of fused-ring (bicyclic) bond motifs is 1. The Kier molecular flexibility index (Phi) is 4.22. The average Bonchev–Trinajstić information content (AvgIpc) is 2.90. The summed E-state index contributed by atoms with van der Waals surface area (Å²) < 4.78 is 19.0. The van der Waals surface area contributed by atoms with E-state index in [0.717, 1.165) is 44.8 Å². The van der Waals surface area contributed by atoms with Crippen LogP contribution in [0.15, 0.2) is 22.6 Å². The van der Waals surface area contributed by atoms with E-state index in [2.05, 4.69) is 16.8 Å². The van der Waals surface area contributed by atoms with Crippen LogP contribution in [-0.2, 0) is 0 Å². The standard InChI is InChI=1S/C16H22FN3O/c1-2-13(18)10-20-7-5-11(6-8-20)16-19-14-9-12(17)3-4-15(14)21-16/h3-4,9,11,13H,2,5-8,10,18H2,1H3. The van der Waals surface area contributed by atoms with E-state index in [-0.39, 0.29) is 11.9 Å². The Bertz CT molecular complexity index is 605. The second-order valence-electron chi connectivity index (χ2n) is 5.91. The number of piperidine rings is 1. The van der Waals surface area contributed by atoms with Gasteiger partial charge in [0.1, 0.15) is 11.3 Å². The number of benzene rings is 1. The van der Waals surface area contributed by atoms with Gasteiger partial charge in [-0.3, -0.25) is 0 Å². The molecule has 0 radical (unpaired) electrons. The van der Waals surface area contributed by atoms with E-state index < -0.39 is 0 Å². The molecule has 2 N–H and O–H groups in total. The van der Waals surface area contributed by atoms with Gasteiger partial charge in [0.15, 0.2) is 11.5 Å². The maximum absolute atomic E-state index is 13.2. The first-order valence-corrected chi connectivity index (χ1v) is 7.69. The Morgan fingerprint density at radius 2 is 2.19 bits per heavy atom. The molecule has 0 saturated carbocycles. The lowest BCUT2D eigenvalue weighted by Gasteiger charge is -2.32. The number of likely N-dealkylation sites (tertiary alicyclic amines) is 1. The van der Waals surface area contributed by atoms with Crippen LogP contribution in [0.5, 0.6) is 0 Å². The normalized spacial score (nSPS) is 19.2. The van der Waals surface area contributed by atoms with Gasteiger partial charge in [0.25, 0.3) is 0 Å². The van der Waals surface area contributed by atoms with Gasteiger partial charge in [-0.25, -0.2) is 9.37 Å². The highest BCUT2D eigenvalue weighted by Crippen LogP contribution is 2.30. The van der Waals surface area contributed by atoms with Gasteiger partial charge in [-0.15, -0.1) is 0 Å². The second-order valence-corrected chi connectivity index (χ2v) is 5.91. The topological polar surface area (TPSA) is 55.3 Å². The van der Waals surface area contributed by atoms with Gasteiger partial charge in [0, 0.05) is 24.6 Å². The first-order valence-electron chi connectivity index (χ1n) is 7.69. The van der Waals surface area contributed by atoms with E-state index >= 15 is 0 Å². The molecule has 4 nitrogen and oxygen atoms in total. The smallest absolute Gasteiger partial charge is 0.198 e. The summed E-state index contributed by atoms with van der Waals surface area (Å²) in [6, 6.07) is 4.74. The number of nitrogens with zero attached hydrogens (tertiary/aromatic N) is 2. The van der Waals surface area contributed by atoms with Crippen molar-refractivity contribution in [3.63, 3.8) is 0 Å². The van der Waals surface area contributed by atoms with Gasteiger partial charge >= 0.3 is 0 Å². The van der Waals surface area contributed by atoms with Crippen LogP contribution in [-0.4, -0.2) is 35.6 Å². The Morgan fingerprint density at radius 1 is 1.43 bits per heavy atom. The molecule has 3 rings (SSSR count). The molecule has 2 heterocycles. The summed E-state index contributed by atoms with van der Waals surface area (Å²) >= 11 is 0. The fraction of sp³-hybridized carbons (Fsp3) is 0.562. The zero-order valence-electron chi connectivity index (χ0n) is 12.4. The molecule has 0 aliphatic carbocycles. The molecule has 5 heteroatoms. The summed E-state index contributed by atoms with van der Waals surface area (Å²) in [5.74, 6) is 0.801. The van der Waals surface area contributed by atoms with Crippen molar-refractivity contribution in [1.82, 2.24) is 9.88 Å². The van der Waals surface area contributed by atoms with E-state index in [4.69, 9.17) is 10.2 Å². The van der Waals surface area contributed by atoms with Crippen LogP contribution in [0.4, 0.5) is 4.39 Å². The molecule has 114 valence electrons. The average molecular weight is 291 g/mol. The minimum atomic E-state index is -0.272. The zero-order valence-corrected chi connectivity index (χ0v) is 12.4. The molecule has 1 unspecified atom stereocenters.